The van der Waals surface area contributed by atoms with Crippen molar-refractivity contribution in [2.24, 2.45) is 0 Å². The summed E-state index contributed by atoms with van der Waals surface area (Å²) in [5.74, 6) is -1.21. The van der Waals surface area contributed by atoms with Gasteiger partial charge in [0.1, 0.15) is 5.82 Å². The molecular formula is C42H47ClF3N7O7. The number of pyridine rings is 2. The van der Waals surface area contributed by atoms with E-state index in [0.717, 1.165) is 23.4 Å². The van der Waals surface area contributed by atoms with Crippen LogP contribution in [0, 0.1) is 0 Å². The highest BCUT2D eigenvalue weighted by Crippen LogP contribution is 2.38. The van der Waals surface area contributed by atoms with Crippen molar-refractivity contribution in [3.8, 4) is 0 Å². The Morgan fingerprint density at radius 3 is 2.35 bits per heavy atom. The molecule has 3 amide bonds. The van der Waals surface area contributed by atoms with Gasteiger partial charge in [0.25, 0.3) is 17.4 Å². The van der Waals surface area contributed by atoms with Crippen LogP contribution in [-0.4, -0.2) is 114 Å². The maximum absolute atomic E-state index is 14.1. The molecule has 14 nitrogen and oxygen atoms in total. The van der Waals surface area contributed by atoms with Crippen LogP contribution in [0.2, 0.25) is 5.02 Å². The number of hydrogen-bond acceptors (Lipinski definition) is 10. The number of esters is 1. The summed E-state index contributed by atoms with van der Waals surface area (Å²) in [7, 11) is 0. The Kier molecular flexibility index (Phi) is 13.9. The molecule has 0 saturated carbocycles. The number of fused-ring (bicyclic) bond motifs is 1. The number of aromatic nitrogens is 2. The zero-order valence-electron chi connectivity index (χ0n) is 33.3. The summed E-state index contributed by atoms with van der Waals surface area (Å²) in [6, 6.07) is 14.5. The van der Waals surface area contributed by atoms with Gasteiger partial charge in [-0.3, -0.25) is 14.4 Å². The predicted octanol–water partition coefficient (Wildman–Crippen LogP) is 5.87. The molecule has 0 unspecified atom stereocenters. The highest BCUT2D eigenvalue weighted by Gasteiger charge is 2.37. The molecule has 2 fully saturated rings. The molecule has 2 aliphatic rings. The van der Waals surface area contributed by atoms with Crippen LogP contribution in [0.3, 0.4) is 0 Å². The second-order valence-electron chi connectivity index (χ2n) is 14.8. The lowest BCUT2D eigenvalue weighted by Crippen LogP contribution is -2.53. The number of aromatic amines is 1. The highest BCUT2D eigenvalue weighted by molar-refractivity contribution is 6.33. The standard InChI is InChI=1S/C42H47ClF3N7O7/c1-3-13-50(4-2)36(54)25-59-40(57)29-9-10-35(48-24-29)51-16-18-52(19-17-51)39(56)34(22-26-20-31(42(44,45)46)37(47)32(43)21-26)60-41(58)53-14-11-27(12-15-53)30-23-28-7-5-6-8-33(28)49-38(30)55/h5-10,20-21,23-24,27,34H,3-4,11-19,22,25,47H2,1-2H3,(H,49,55)/t34-/m1/s1. The van der Waals surface area contributed by atoms with Gasteiger partial charge in [-0.2, -0.15) is 13.2 Å². The van der Waals surface area contributed by atoms with Gasteiger partial charge in [-0.1, -0.05) is 36.7 Å². The molecule has 3 N–H and O–H groups in total. The number of nitrogens with zero attached hydrogens (tertiary/aromatic N) is 5. The lowest BCUT2D eigenvalue weighted by atomic mass is 9.89. The lowest BCUT2D eigenvalue weighted by Gasteiger charge is -2.37. The smallest absolute Gasteiger partial charge is 0.418 e. The van der Waals surface area contributed by atoms with Gasteiger partial charge in [-0.25, -0.2) is 14.6 Å². The molecule has 0 aliphatic carbocycles. The van der Waals surface area contributed by atoms with Crippen LogP contribution in [0.4, 0.5) is 29.5 Å². The number of halogens is 4. The van der Waals surface area contributed by atoms with Crippen molar-refractivity contribution in [2.45, 2.75) is 57.7 Å². The fraction of sp³-hybridized carbons (Fsp3) is 0.429. The molecular weight excluding hydrogens is 807 g/mol. The van der Waals surface area contributed by atoms with Crippen molar-refractivity contribution in [1.82, 2.24) is 24.7 Å². The number of alkyl halides is 3. The van der Waals surface area contributed by atoms with Crippen LogP contribution in [0.15, 0.2) is 65.6 Å². The van der Waals surface area contributed by atoms with E-state index in [1.54, 1.807) is 11.0 Å². The van der Waals surface area contributed by atoms with Crippen LogP contribution in [-0.2, 0) is 31.7 Å². The van der Waals surface area contributed by atoms with Crippen molar-refractivity contribution >= 4 is 57.9 Å². The maximum atomic E-state index is 14.1. The Hall–Kier alpha value is -5.84. The van der Waals surface area contributed by atoms with Gasteiger partial charge < -0.3 is 39.8 Å². The maximum Gasteiger partial charge on any atom is 0.418 e. The minimum absolute atomic E-state index is 0.00335. The van der Waals surface area contributed by atoms with Crippen LogP contribution in [0.1, 0.15) is 66.1 Å². The Morgan fingerprint density at radius 2 is 1.70 bits per heavy atom. The van der Waals surface area contributed by atoms with Gasteiger partial charge >= 0.3 is 18.2 Å². The summed E-state index contributed by atoms with van der Waals surface area (Å²) in [5.41, 5.74) is 5.11. The number of hydrogen-bond donors (Lipinski definition) is 2. The molecule has 2 aromatic carbocycles. The van der Waals surface area contributed by atoms with Gasteiger partial charge in [0.15, 0.2) is 12.7 Å². The van der Waals surface area contributed by atoms with Gasteiger partial charge in [0, 0.05) is 76.1 Å². The van der Waals surface area contributed by atoms with E-state index in [1.807, 2.05) is 49.1 Å². The van der Waals surface area contributed by atoms with Crippen molar-refractivity contribution in [3.63, 3.8) is 0 Å². The minimum atomic E-state index is -4.83. The fourth-order valence-corrected chi connectivity index (χ4v) is 7.78. The summed E-state index contributed by atoms with van der Waals surface area (Å²) in [4.78, 5) is 79.3. The van der Waals surface area contributed by atoms with E-state index in [2.05, 4.69) is 9.97 Å². The number of rotatable bonds is 12. The third-order valence-corrected chi connectivity index (χ3v) is 11.2. The number of carbonyl (C=O) groups is 4. The van der Waals surface area contributed by atoms with Crippen molar-refractivity contribution in [1.29, 1.82) is 0 Å². The average Bonchev–Trinajstić information content (AvgIpc) is 3.24. The number of likely N-dealkylation sites (tertiary alicyclic amines) is 1. The van der Waals surface area contributed by atoms with Crippen LogP contribution in [0.5, 0.6) is 0 Å². The number of piperidine rings is 1. The predicted molar refractivity (Wildman–Crippen MR) is 219 cm³/mol. The van der Waals surface area contributed by atoms with E-state index < -0.39 is 47.9 Å². The third kappa shape index (κ3) is 10.3. The number of anilines is 2. The van der Waals surface area contributed by atoms with Gasteiger partial charge in [-0.05, 0) is 79.5 Å². The molecule has 0 spiro atoms. The SMILES string of the molecule is CCCN(CC)C(=O)COC(=O)c1ccc(N2CCN(C(=O)[C@@H](Cc3cc(Cl)c(N)c(C(F)(F)F)c3)OC(=O)N3CCC(c4cc5ccccc5[nH]c4=O)CC3)CC2)nc1. The van der Waals surface area contributed by atoms with Gasteiger partial charge in [0.2, 0.25) is 0 Å². The average molecular weight is 854 g/mol. The van der Waals surface area contributed by atoms with E-state index in [9.17, 15) is 37.1 Å². The first-order chi connectivity index (χ1) is 28.7. The molecule has 2 aliphatic heterocycles. The zero-order chi connectivity index (χ0) is 43.1. The minimum Gasteiger partial charge on any atom is -0.452 e. The van der Waals surface area contributed by atoms with E-state index in [1.165, 1.54) is 28.1 Å². The monoisotopic (exact) mass is 853 g/mol. The lowest BCUT2D eigenvalue weighted by molar-refractivity contribution is -0.141. The third-order valence-electron chi connectivity index (χ3n) is 10.9. The molecule has 18 heteroatoms. The summed E-state index contributed by atoms with van der Waals surface area (Å²) < 4.78 is 52.7. The number of piperazine rings is 1. The van der Waals surface area contributed by atoms with E-state index in [0.29, 0.717) is 50.4 Å². The molecule has 2 saturated heterocycles. The summed E-state index contributed by atoms with van der Waals surface area (Å²) in [6.45, 7) is 5.84. The number of benzene rings is 2. The van der Waals surface area contributed by atoms with Crippen molar-refractivity contribution in [2.75, 3.05) is 69.6 Å². The number of likely N-dealkylation sites (N-methyl/N-ethyl adjacent to an activating group) is 1. The Labute approximate surface area is 349 Å². The van der Waals surface area contributed by atoms with Crippen LogP contribution >= 0.6 is 11.6 Å². The van der Waals surface area contributed by atoms with Gasteiger partial charge in [0.05, 0.1) is 21.8 Å². The first-order valence-corrected chi connectivity index (χ1v) is 20.2. The Bertz CT molecular complexity index is 2260. The second kappa shape index (κ2) is 19.0. The number of nitrogens with one attached hydrogen (secondary N) is 1. The topological polar surface area (TPSA) is 171 Å². The molecule has 0 bridgehead atoms. The molecule has 2 aromatic heterocycles. The Morgan fingerprint density at radius 1 is 0.983 bits per heavy atom. The molecule has 4 aromatic rings. The first kappa shape index (κ1) is 43.7. The largest absolute Gasteiger partial charge is 0.452 e. The number of carbonyl (C=O) groups excluding carboxylic acids is 4. The molecule has 6 rings (SSSR count). The quantitative estimate of drug-likeness (QED) is 0.130. The van der Waals surface area contributed by atoms with Crippen LogP contribution < -0.4 is 16.2 Å². The van der Waals surface area contributed by atoms with Crippen molar-refractivity contribution in [3.05, 3.63) is 98.4 Å². The van der Waals surface area contributed by atoms with E-state index >= 15 is 0 Å². The Balaban J connectivity index is 1.11. The van der Waals surface area contributed by atoms with E-state index in [4.69, 9.17) is 26.8 Å². The molecule has 60 heavy (non-hydrogen) atoms. The molecule has 4 heterocycles. The first-order valence-electron chi connectivity index (χ1n) is 19.8. The number of para-hydroxylation sites is 1. The van der Waals surface area contributed by atoms with Crippen molar-refractivity contribution < 1.29 is 41.8 Å². The number of amides is 3. The number of ether oxygens (including phenoxy) is 2. The van der Waals surface area contributed by atoms with Crippen LogP contribution in [0.25, 0.3) is 10.9 Å². The summed E-state index contributed by atoms with van der Waals surface area (Å²) >= 11 is 6.12. The second-order valence-corrected chi connectivity index (χ2v) is 15.2. The number of nitrogens with two attached hydrogens (primary N) is 1. The summed E-state index contributed by atoms with van der Waals surface area (Å²) in [5, 5.41) is 0.530. The number of H-pyrrole nitrogens is 1. The van der Waals surface area contributed by atoms with Gasteiger partial charge in [-0.15, -0.1) is 0 Å². The zero-order valence-corrected chi connectivity index (χ0v) is 34.1. The number of nitrogen functional groups attached to an aromatic ring is 1. The molecule has 0 radical (unpaired) electrons. The molecule has 320 valence electrons. The molecule has 1 atom stereocenters. The van der Waals surface area contributed by atoms with E-state index in [-0.39, 0.29) is 66.3 Å². The normalized spacial score (nSPS) is 15.5. The highest BCUT2D eigenvalue weighted by atomic mass is 35.5. The summed E-state index contributed by atoms with van der Waals surface area (Å²) in [6.07, 6.45) is -4.54. The fourth-order valence-electron chi connectivity index (χ4n) is 7.54.